The molecule has 1 aromatic carbocycles. The van der Waals surface area contributed by atoms with Crippen LogP contribution in [0.3, 0.4) is 0 Å². The van der Waals surface area contributed by atoms with Crippen molar-refractivity contribution in [2.24, 2.45) is 0 Å². The molecule has 0 aliphatic carbocycles. The molecule has 1 aliphatic rings. The quantitative estimate of drug-likeness (QED) is 0.537. The minimum Gasteiger partial charge on any atom is -0.477 e. The van der Waals surface area contributed by atoms with Crippen molar-refractivity contribution in [1.29, 1.82) is 0 Å². The Labute approximate surface area is 173 Å². The molecule has 0 amide bonds. The normalized spacial score (nSPS) is 17.5. The Bertz CT molecular complexity index is 1270. The molecule has 152 valence electrons. The van der Waals surface area contributed by atoms with Crippen molar-refractivity contribution in [3.05, 3.63) is 88.0 Å². The molecular weight excluding hydrogens is 378 g/mol. The summed E-state index contributed by atoms with van der Waals surface area (Å²) in [4.78, 5) is 30.2. The topological polar surface area (TPSA) is 77.8 Å². The molecule has 1 unspecified atom stereocenters. The first-order chi connectivity index (χ1) is 14.6. The molecular formula is C24H23N3O3. The number of carbonyl (C=O) groups is 1. The van der Waals surface area contributed by atoms with Crippen LogP contribution in [0.5, 0.6) is 0 Å². The summed E-state index contributed by atoms with van der Waals surface area (Å²) in [5.41, 5.74) is 3.25. The Kier molecular flexibility index (Phi) is 4.64. The Morgan fingerprint density at radius 3 is 2.77 bits per heavy atom. The van der Waals surface area contributed by atoms with Gasteiger partial charge in [-0.25, -0.2) is 4.79 Å². The molecule has 1 aliphatic heterocycles. The highest BCUT2D eigenvalue weighted by Gasteiger charge is 2.26. The molecule has 4 heterocycles. The molecule has 2 N–H and O–H groups in total. The molecule has 1 saturated heterocycles. The Morgan fingerprint density at radius 1 is 1.10 bits per heavy atom. The van der Waals surface area contributed by atoms with Crippen LogP contribution in [0.1, 0.15) is 46.9 Å². The van der Waals surface area contributed by atoms with E-state index in [0.29, 0.717) is 6.54 Å². The van der Waals surface area contributed by atoms with Gasteiger partial charge in [-0.1, -0.05) is 30.7 Å². The van der Waals surface area contributed by atoms with Crippen molar-refractivity contribution in [1.82, 2.24) is 14.3 Å². The Hall–Kier alpha value is -3.38. The van der Waals surface area contributed by atoms with E-state index in [1.165, 1.54) is 15.5 Å². The molecule has 5 rings (SSSR count). The van der Waals surface area contributed by atoms with Gasteiger partial charge in [-0.15, -0.1) is 0 Å². The van der Waals surface area contributed by atoms with Gasteiger partial charge in [-0.3, -0.25) is 14.1 Å². The number of aromatic amines is 1. The first-order valence-corrected chi connectivity index (χ1v) is 10.3. The first kappa shape index (κ1) is 18.6. The fourth-order valence-corrected chi connectivity index (χ4v) is 4.63. The van der Waals surface area contributed by atoms with Crippen LogP contribution in [0.4, 0.5) is 0 Å². The second-order valence-electron chi connectivity index (χ2n) is 7.94. The van der Waals surface area contributed by atoms with E-state index in [2.05, 4.69) is 28.1 Å². The molecule has 1 fully saturated rings. The standard InChI is InChI=1S/C24H23N3O3/c28-23-18(24(29)30)13-17(21-9-4-6-12-27(21)23)15-26-11-5-3-10-22(26)20-14-16-7-1-2-8-19(16)25-20/h1-2,4,6-9,12-14,22,25H,3,5,10-11,15H2,(H,29,30). The number of H-pyrrole nitrogens is 1. The van der Waals surface area contributed by atoms with Crippen LogP contribution < -0.4 is 5.56 Å². The average Bonchev–Trinajstić information content (AvgIpc) is 3.20. The van der Waals surface area contributed by atoms with E-state index in [0.717, 1.165) is 42.4 Å². The Morgan fingerprint density at radius 2 is 1.93 bits per heavy atom. The van der Waals surface area contributed by atoms with Gasteiger partial charge in [-0.2, -0.15) is 0 Å². The van der Waals surface area contributed by atoms with Crippen LogP contribution in [0.15, 0.2) is 65.6 Å². The third-order valence-electron chi connectivity index (χ3n) is 6.08. The molecule has 6 nitrogen and oxygen atoms in total. The number of rotatable bonds is 4. The number of carboxylic acid groups (broad SMARTS) is 1. The number of nitrogens with one attached hydrogen (secondary N) is 1. The molecule has 6 heteroatoms. The number of fused-ring (bicyclic) bond motifs is 2. The summed E-state index contributed by atoms with van der Waals surface area (Å²) in [6.07, 6.45) is 4.95. The third kappa shape index (κ3) is 3.19. The number of likely N-dealkylation sites (tertiary alicyclic amines) is 1. The van der Waals surface area contributed by atoms with Gasteiger partial charge >= 0.3 is 5.97 Å². The van der Waals surface area contributed by atoms with Gasteiger partial charge in [0.05, 0.1) is 11.6 Å². The second-order valence-corrected chi connectivity index (χ2v) is 7.94. The molecule has 1 atom stereocenters. The SMILES string of the molecule is O=C(O)c1cc(CN2CCCCC2c2cc3ccccc3[nH]2)c2ccccn2c1=O. The van der Waals surface area contributed by atoms with Crippen LogP contribution in [0.2, 0.25) is 0 Å². The molecule has 30 heavy (non-hydrogen) atoms. The molecule has 0 bridgehead atoms. The number of aromatic carboxylic acids is 1. The predicted molar refractivity (Wildman–Crippen MR) is 116 cm³/mol. The van der Waals surface area contributed by atoms with Gasteiger partial charge in [0.1, 0.15) is 5.56 Å². The lowest BCUT2D eigenvalue weighted by Crippen LogP contribution is -2.34. The minimum absolute atomic E-state index is 0.187. The molecule has 3 aromatic heterocycles. The number of para-hydroxylation sites is 1. The molecule has 0 spiro atoms. The fraction of sp³-hybridized carbons (Fsp3) is 0.250. The zero-order chi connectivity index (χ0) is 20.7. The van der Waals surface area contributed by atoms with E-state index < -0.39 is 11.5 Å². The summed E-state index contributed by atoms with van der Waals surface area (Å²) in [5.74, 6) is -1.19. The Balaban J connectivity index is 1.56. The van der Waals surface area contributed by atoms with Gasteiger partial charge in [0, 0.05) is 24.0 Å². The van der Waals surface area contributed by atoms with Gasteiger partial charge in [0.2, 0.25) is 0 Å². The second kappa shape index (κ2) is 7.46. The van der Waals surface area contributed by atoms with Crippen LogP contribution in [0, 0.1) is 0 Å². The van der Waals surface area contributed by atoms with Crippen molar-refractivity contribution in [2.75, 3.05) is 6.54 Å². The maximum absolute atomic E-state index is 12.6. The summed E-state index contributed by atoms with van der Waals surface area (Å²) in [5, 5.41) is 10.7. The number of aromatic nitrogens is 2. The smallest absolute Gasteiger partial charge is 0.341 e. The maximum atomic E-state index is 12.6. The van der Waals surface area contributed by atoms with Crippen LogP contribution in [-0.2, 0) is 6.54 Å². The molecule has 0 radical (unpaired) electrons. The van der Waals surface area contributed by atoms with E-state index in [9.17, 15) is 14.7 Å². The lowest BCUT2D eigenvalue weighted by molar-refractivity contribution is 0.0694. The number of pyridine rings is 2. The van der Waals surface area contributed by atoms with E-state index in [4.69, 9.17) is 0 Å². The number of carboxylic acids is 1. The van der Waals surface area contributed by atoms with Crippen molar-refractivity contribution in [2.45, 2.75) is 31.8 Å². The first-order valence-electron chi connectivity index (χ1n) is 10.3. The highest BCUT2D eigenvalue weighted by Crippen LogP contribution is 2.33. The summed E-state index contributed by atoms with van der Waals surface area (Å²) in [6, 6.07) is 17.8. The average molecular weight is 401 g/mol. The maximum Gasteiger partial charge on any atom is 0.341 e. The molecule has 4 aromatic rings. The van der Waals surface area contributed by atoms with Crippen LogP contribution in [-0.4, -0.2) is 31.9 Å². The third-order valence-corrected chi connectivity index (χ3v) is 6.08. The number of hydrogen-bond donors (Lipinski definition) is 2. The number of benzene rings is 1. The van der Waals surface area contributed by atoms with Crippen molar-refractivity contribution in [3.8, 4) is 0 Å². The van der Waals surface area contributed by atoms with E-state index >= 15 is 0 Å². The highest BCUT2D eigenvalue weighted by molar-refractivity contribution is 5.88. The minimum atomic E-state index is -1.19. The zero-order valence-electron chi connectivity index (χ0n) is 16.5. The van der Waals surface area contributed by atoms with Gasteiger partial charge in [0.15, 0.2) is 0 Å². The van der Waals surface area contributed by atoms with Crippen LogP contribution >= 0.6 is 0 Å². The van der Waals surface area contributed by atoms with E-state index in [1.807, 2.05) is 24.3 Å². The van der Waals surface area contributed by atoms with E-state index in [-0.39, 0.29) is 11.6 Å². The van der Waals surface area contributed by atoms with Gasteiger partial charge < -0.3 is 10.1 Å². The fourth-order valence-electron chi connectivity index (χ4n) is 4.63. The predicted octanol–water partition coefficient (Wildman–Crippen LogP) is 4.21. The number of nitrogens with zero attached hydrogens (tertiary/aromatic N) is 2. The largest absolute Gasteiger partial charge is 0.477 e. The molecule has 0 saturated carbocycles. The summed E-state index contributed by atoms with van der Waals surface area (Å²) < 4.78 is 1.45. The van der Waals surface area contributed by atoms with E-state index in [1.54, 1.807) is 18.3 Å². The lowest BCUT2D eigenvalue weighted by atomic mass is 9.98. The highest BCUT2D eigenvalue weighted by atomic mass is 16.4. The van der Waals surface area contributed by atoms with Crippen molar-refractivity contribution >= 4 is 22.4 Å². The zero-order valence-corrected chi connectivity index (χ0v) is 16.5. The van der Waals surface area contributed by atoms with Crippen molar-refractivity contribution in [3.63, 3.8) is 0 Å². The summed E-state index contributed by atoms with van der Waals surface area (Å²) in [7, 11) is 0. The number of piperidine rings is 1. The van der Waals surface area contributed by atoms with Gasteiger partial charge in [0.25, 0.3) is 5.56 Å². The lowest BCUT2D eigenvalue weighted by Gasteiger charge is -2.35. The van der Waals surface area contributed by atoms with Crippen molar-refractivity contribution < 1.29 is 9.90 Å². The number of hydrogen-bond acceptors (Lipinski definition) is 3. The monoisotopic (exact) mass is 401 g/mol. The summed E-state index contributed by atoms with van der Waals surface area (Å²) >= 11 is 0. The summed E-state index contributed by atoms with van der Waals surface area (Å²) in [6.45, 7) is 1.52. The van der Waals surface area contributed by atoms with Crippen LogP contribution in [0.25, 0.3) is 16.4 Å². The van der Waals surface area contributed by atoms with Gasteiger partial charge in [-0.05, 0) is 60.7 Å².